The molecule has 0 amide bonds. The number of benzene rings is 1. The minimum atomic E-state index is -0.735. The first-order chi connectivity index (χ1) is 7.08. The molecule has 0 spiro atoms. The second-order valence-corrected chi connectivity index (χ2v) is 4.31. The van der Waals surface area contributed by atoms with Crippen LogP contribution in [-0.4, -0.2) is 11.1 Å². The van der Waals surface area contributed by atoms with Crippen LogP contribution in [0.15, 0.2) is 24.3 Å². The van der Waals surface area contributed by atoms with Crippen LogP contribution in [0.2, 0.25) is 0 Å². The second kappa shape index (κ2) is 5.54. The summed E-state index contributed by atoms with van der Waals surface area (Å²) in [6.45, 7) is 4.39. The zero-order chi connectivity index (χ0) is 11.3. The molecule has 0 unspecified atom stereocenters. The van der Waals surface area contributed by atoms with Crippen LogP contribution in [-0.2, 0) is 17.6 Å². The van der Waals surface area contributed by atoms with Crippen molar-refractivity contribution in [3.05, 3.63) is 35.4 Å². The lowest BCUT2D eigenvalue weighted by Gasteiger charge is -2.05. The minimum absolute atomic E-state index is 0.212. The number of aryl methyl sites for hydroxylation is 1. The van der Waals surface area contributed by atoms with E-state index < -0.39 is 5.97 Å². The van der Waals surface area contributed by atoms with Gasteiger partial charge >= 0.3 is 5.97 Å². The first-order valence-corrected chi connectivity index (χ1v) is 5.37. The molecule has 0 radical (unpaired) electrons. The highest BCUT2D eigenvalue weighted by atomic mass is 16.4. The molecular weight excluding hydrogens is 188 g/mol. The van der Waals surface area contributed by atoms with Gasteiger partial charge in [0.25, 0.3) is 0 Å². The van der Waals surface area contributed by atoms with Gasteiger partial charge in [-0.1, -0.05) is 38.1 Å². The number of rotatable bonds is 5. The highest BCUT2D eigenvalue weighted by molar-refractivity contribution is 5.67. The molecule has 0 atom stereocenters. The third-order valence-electron chi connectivity index (χ3n) is 2.29. The van der Waals surface area contributed by atoms with Gasteiger partial charge in [-0.15, -0.1) is 0 Å². The molecule has 0 aliphatic carbocycles. The Morgan fingerprint density at radius 3 is 2.20 bits per heavy atom. The van der Waals surface area contributed by atoms with E-state index >= 15 is 0 Å². The van der Waals surface area contributed by atoms with E-state index in [-0.39, 0.29) is 6.42 Å². The summed E-state index contributed by atoms with van der Waals surface area (Å²) in [4.78, 5) is 10.4. The summed E-state index contributed by atoms with van der Waals surface area (Å²) in [5, 5.41) is 8.55. The molecule has 0 aliphatic heterocycles. The summed E-state index contributed by atoms with van der Waals surface area (Å²) >= 11 is 0. The monoisotopic (exact) mass is 206 g/mol. The van der Waals surface area contributed by atoms with Crippen molar-refractivity contribution in [1.29, 1.82) is 0 Å². The quantitative estimate of drug-likeness (QED) is 0.804. The van der Waals surface area contributed by atoms with E-state index in [9.17, 15) is 4.79 Å². The van der Waals surface area contributed by atoms with Crippen molar-refractivity contribution in [2.45, 2.75) is 33.1 Å². The second-order valence-electron chi connectivity index (χ2n) is 4.31. The van der Waals surface area contributed by atoms with Crippen molar-refractivity contribution in [2.24, 2.45) is 5.92 Å². The Hall–Kier alpha value is -1.31. The van der Waals surface area contributed by atoms with Gasteiger partial charge in [-0.05, 0) is 29.9 Å². The van der Waals surface area contributed by atoms with Gasteiger partial charge in [-0.3, -0.25) is 4.79 Å². The Bertz CT molecular complexity index is 312. The van der Waals surface area contributed by atoms with Gasteiger partial charge in [0.05, 0.1) is 0 Å². The molecule has 1 N–H and O–H groups in total. The Morgan fingerprint density at radius 1 is 1.20 bits per heavy atom. The summed E-state index contributed by atoms with van der Waals surface area (Å²) in [5.74, 6) is -0.0730. The maximum Gasteiger partial charge on any atom is 0.303 e. The SMILES string of the molecule is CC(C)Cc1ccc(CCC(=O)O)cc1. The minimum Gasteiger partial charge on any atom is -0.481 e. The molecule has 0 aromatic heterocycles. The number of hydrogen-bond donors (Lipinski definition) is 1. The zero-order valence-corrected chi connectivity index (χ0v) is 9.36. The number of aliphatic carboxylic acids is 1. The van der Waals surface area contributed by atoms with Gasteiger partial charge in [0, 0.05) is 6.42 Å². The third-order valence-corrected chi connectivity index (χ3v) is 2.29. The fourth-order valence-electron chi connectivity index (χ4n) is 1.56. The largest absolute Gasteiger partial charge is 0.481 e. The predicted molar refractivity (Wildman–Crippen MR) is 60.9 cm³/mol. The van der Waals surface area contributed by atoms with Crippen LogP contribution in [0.25, 0.3) is 0 Å². The number of carbonyl (C=O) groups is 1. The van der Waals surface area contributed by atoms with Crippen molar-refractivity contribution in [3.8, 4) is 0 Å². The lowest BCUT2D eigenvalue weighted by atomic mass is 10.0. The number of carboxylic acid groups (broad SMARTS) is 1. The summed E-state index contributed by atoms with van der Waals surface area (Å²) in [7, 11) is 0. The van der Waals surface area contributed by atoms with Crippen molar-refractivity contribution < 1.29 is 9.90 Å². The standard InChI is InChI=1S/C13H18O2/c1-10(2)9-12-5-3-11(4-6-12)7-8-13(14)15/h3-6,10H,7-9H2,1-2H3,(H,14,15). The number of carboxylic acids is 1. The molecule has 0 heterocycles. The van der Waals surface area contributed by atoms with Crippen molar-refractivity contribution in [1.82, 2.24) is 0 Å². The molecule has 0 saturated carbocycles. The van der Waals surface area contributed by atoms with Gasteiger partial charge in [0.2, 0.25) is 0 Å². The molecule has 82 valence electrons. The fourth-order valence-corrected chi connectivity index (χ4v) is 1.56. The van der Waals surface area contributed by atoms with Crippen molar-refractivity contribution in [3.63, 3.8) is 0 Å². The smallest absolute Gasteiger partial charge is 0.303 e. The molecule has 0 bridgehead atoms. The van der Waals surface area contributed by atoms with Crippen molar-refractivity contribution >= 4 is 5.97 Å². The average molecular weight is 206 g/mol. The topological polar surface area (TPSA) is 37.3 Å². The molecule has 2 heteroatoms. The lowest BCUT2D eigenvalue weighted by Crippen LogP contribution is -1.98. The summed E-state index contributed by atoms with van der Waals surface area (Å²) < 4.78 is 0. The van der Waals surface area contributed by atoms with E-state index in [1.807, 2.05) is 12.1 Å². The first-order valence-electron chi connectivity index (χ1n) is 5.37. The molecule has 2 nitrogen and oxygen atoms in total. The van der Waals surface area contributed by atoms with Crippen LogP contribution in [0.4, 0.5) is 0 Å². The van der Waals surface area contributed by atoms with Gasteiger partial charge in [-0.2, -0.15) is 0 Å². The summed E-state index contributed by atoms with van der Waals surface area (Å²) in [5.41, 5.74) is 2.42. The van der Waals surface area contributed by atoms with Gasteiger partial charge in [0.15, 0.2) is 0 Å². The molecular formula is C13H18O2. The van der Waals surface area contributed by atoms with Crippen molar-refractivity contribution in [2.75, 3.05) is 0 Å². The lowest BCUT2D eigenvalue weighted by molar-refractivity contribution is -0.136. The zero-order valence-electron chi connectivity index (χ0n) is 9.36. The molecule has 1 aromatic rings. The van der Waals surface area contributed by atoms with Crippen LogP contribution in [0.1, 0.15) is 31.4 Å². The van der Waals surface area contributed by atoms with E-state index in [2.05, 4.69) is 26.0 Å². The predicted octanol–water partition coefficient (Wildman–Crippen LogP) is 2.90. The van der Waals surface area contributed by atoms with Crippen LogP contribution < -0.4 is 0 Å². The molecule has 1 aromatic carbocycles. The number of hydrogen-bond acceptors (Lipinski definition) is 1. The Kier molecular flexibility index (Phi) is 4.35. The van der Waals surface area contributed by atoms with Gasteiger partial charge < -0.3 is 5.11 Å². The van der Waals surface area contributed by atoms with Gasteiger partial charge in [0.1, 0.15) is 0 Å². The first kappa shape index (κ1) is 11.8. The molecule has 0 aliphatic rings. The van der Waals surface area contributed by atoms with Crippen LogP contribution in [0.5, 0.6) is 0 Å². The molecule has 1 rings (SSSR count). The average Bonchev–Trinajstić information content (AvgIpc) is 2.16. The molecule has 15 heavy (non-hydrogen) atoms. The van der Waals surface area contributed by atoms with Crippen LogP contribution in [0, 0.1) is 5.92 Å². The molecule has 0 saturated heterocycles. The van der Waals surface area contributed by atoms with E-state index in [1.165, 1.54) is 5.56 Å². The van der Waals surface area contributed by atoms with Crippen LogP contribution in [0.3, 0.4) is 0 Å². The third kappa shape index (κ3) is 4.63. The van der Waals surface area contributed by atoms with E-state index in [1.54, 1.807) is 0 Å². The normalized spacial score (nSPS) is 10.6. The maximum absolute atomic E-state index is 10.4. The molecule has 0 fully saturated rings. The van der Waals surface area contributed by atoms with E-state index in [4.69, 9.17) is 5.11 Å². The fraction of sp³-hybridized carbons (Fsp3) is 0.462. The highest BCUT2D eigenvalue weighted by Gasteiger charge is 2.00. The summed E-state index contributed by atoms with van der Waals surface area (Å²) in [6, 6.07) is 8.25. The van der Waals surface area contributed by atoms with E-state index in [0.717, 1.165) is 12.0 Å². The van der Waals surface area contributed by atoms with Crippen LogP contribution >= 0.6 is 0 Å². The van der Waals surface area contributed by atoms with E-state index in [0.29, 0.717) is 12.3 Å². The Balaban J connectivity index is 2.52. The summed E-state index contributed by atoms with van der Waals surface area (Å²) in [6.07, 6.45) is 1.92. The Labute approximate surface area is 90.9 Å². The highest BCUT2D eigenvalue weighted by Crippen LogP contribution is 2.10. The Morgan fingerprint density at radius 2 is 1.73 bits per heavy atom. The van der Waals surface area contributed by atoms with Gasteiger partial charge in [-0.25, -0.2) is 0 Å². The maximum atomic E-state index is 10.4.